The van der Waals surface area contributed by atoms with Crippen LogP contribution in [0.1, 0.15) is 69.2 Å². The first-order valence-electron chi connectivity index (χ1n) is 8.86. The molecule has 3 rings (SSSR count). The Morgan fingerprint density at radius 1 is 1.30 bits per heavy atom. The van der Waals surface area contributed by atoms with Crippen molar-refractivity contribution >= 4 is 17.0 Å². The van der Waals surface area contributed by atoms with E-state index in [0.29, 0.717) is 5.92 Å². The first kappa shape index (κ1) is 16.0. The summed E-state index contributed by atoms with van der Waals surface area (Å²) in [6.07, 6.45) is 9.15. The zero-order valence-corrected chi connectivity index (χ0v) is 13.8. The maximum absolute atomic E-state index is 10.8. The zero-order valence-electron chi connectivity index (χ0n) is 13.8. The van der Waals surface area contributed by atoms with Gasteiger partial charge in [-0.1, -0.05) is 32.3 Å². The molecule has 0 unspecified atom stereocenters. The Morgan fingerprint density at radius 3 is 2.78 bits per heavy atom. The van der Waals surface area contributed by atoms with Crippen LogP contribution in [-0.2, 0) is 11.2 Å². The number of nitrogens with one attached hydrogen (secondary N) is 1. The van der Waals surface area contributed by atoms with E-state index in [-0.39, 0.29) is 6.42 Å². The van der Waals surface area contributed by atoms with E-state index in [0.717, 1.165) is 28.3 Å². The molecule has 2 N–H and O–H groups in total. The molecule has 1 heterocycles. The molecule has 124 valence electrons. The number of benzene rings is 1. The minimum atomic E-state index is -0.797. The Hall–Kier alpha value is -1.84. The zero-order chi connectivity index (χ0) is 16.2. The minimum absolute atomic E-state index is 0.0623. The van der Waals surface area contributed by atoms with Crippen molar-refractivity contribution in [1.29, 1.82) is 0 Å². The second kappa shape index (κ2) is 7.16. The number of H-pyrrole nitrogens is 1. The van der Waals surface area contributed by atoms with Gasteiger partial charge in [0.25, 0.3) is 0 Å². The van der Waals surface area contributed by atoms with Crippen molar-refractivity contribution in [3.8, 4) is 0 Å². The van der Waals surface area contributed by atoms with Gasteiger partial charge in [0, 0.05) is 5.92 Å². The van der Waals surface area contributed by atoms with Crippen molar-refractivity contribution in [3.05, 3.63) is 29.6 Å². The van der Waals surface area contributed by atoms with Gasteiger partial charge in [-0.2, -0.15) is 0 Å². The number of fused-ring (bicyclic) bond motifs is 1. The van der Waals surface area contributed by atoms with Crippen LogP contribution in [0.4, 0.5) is 0 Å². The highest BCUT2D eigenvalue weighted by atomic mass is 16.4. The number of aliphatic carboxylic acids is 1. The molecule has 4 heteroatoms. The quantitative estimate of drug-likeness (QED) is 0.815. The van der Waals surface area contributed by atoms with E-state index in [4.69, 9.17) is 10.1 Å². The summed E-state index contributed by atoms with van der Waals surface area (Å²) >= 11 is 0. The Labute approximate surface area is 137 Å². The highest BCUT2D eigenvalue weighted by molar-refractivity contribution is 5.78. The second-order valence-corrected chi connectivity index (χ2v) is 6.90. The van der Waals surface area contributed by atoms with E-state index in [2.05, 4.69) is 11.9 Å². The van der Waals surface area contributed by atoms with Gasteiger partial charge in [-0.05, 0) is 49.3 Å². The fourth-order valence-electron chi connectivity index (χ4n) is 3.77. The number of unbranched alkanes of at least 4 members (excludes halogenated alkanes) is 1. The van der Waals surface area contributed by atoms with E-state index in [1.54, 1.807) is 0 Å². The number of aromatic nitrogens is 2. The third-order valence-corrected chi connectivity index (χ3v) is 5.12. The van der Waals surface area contributed by atoms with E-state index < -0.39 is 5.97 Å². The molecule has 0 bridgehead atoms. The van der Waals surface area contributed by atoms with Gasteiger partial charge in [0.05, 0.1) is 17.5 Å². The molecular weight excluding hydrogens is 288 g/mol. The molecule has 0 aliphatic heterocycles. The number of hydrogen-bond acceptors (Lipinski definition) is 2. The first-order valence-corrected chi connectivity index (χ1v) is 8.86. The van der Waals surface area contributed by atoms with Crippen LogP contribution in [0.15, 0.2) is 18.2 Å². The number of carboxylic acids is 1. The number of rotatable bonds is 6. The highest BCUT2D eigenvalue weighted by Gasteiger charge is 2.24. The van der Waals surface area contributed by atoms with Crippen molar-refractivity contribution in [1.82, 2.24) is 9.97 Å². The standard InChI is InChI=1S/C19H26N2O2/c1-2-3-4-13-5-8-15(9-6-13)19-20-16-10-7-14(12-18(22)23)11-17(16)21-19/h7,10-11,13,15H,2-6,8-9,12H2,1H3,(H,20,21)(H,22,23). The van der Waals surface area contributed by atoms with Crippen LogP contribution in [0, 0.1) is 5.92 Å². The SMILES string of the molecule is CCCCC1CCC(c2nc3ccc(CC(=O)O)cc3[nH]2)CC1. The van der Waals surface area contributed by atoms with Crippen molar-refractivity contribution in [2.75, 3.05) is 0 Å². The van der Waals surface area contributed by atoms with Crippen LogP contribution in [0.3, 0.4) is 0 Å². The normalized spacial score (nSPS) is 21.6. The molecule has 1 aromatic heterocycles. The molecule has 1 aliphatic rings. The number of imidazole rings is 1. The molecule has 0 atom stereocenters. The number of aromatic amines is 1. The molecule has 2 aromatic rings. The predicted molar refractivity (Wildman–Crippen MR) is 91.7 cm³/mol. The topological polar surface area (TPSA) is 66.0 Å². The molecule has 23 heavy (non-hydrogen) atoms. The molecular formula is C19H26N2O2. The molecule has 0 amide bonds. The van der Waals surface area contributed by atoms with E-state index >= 15 is 0 Å². The number of nitrogens with zero attached hydrogens (tertiary/aromatic N) is 1. The smallest absolute Gasteiger partial charge is 0.307 e. The average Bonchev–Trinajstić information content (AvgIpc) is 2.96. The Bertz CT molecular complexity index is 669. The van der Waals surface area contributed by atoms with Gasteiger partial charge in [-0.25, -0.2) is 4.98 Å². The maximum atomic E-state index is 10.8. The summed E-state index contributed by atoms with van der Waals surface area (Å²) in [5, 5.41) is 8.91. The van der Waals surface area contributed by atoms with Gasteiger partial charge in [0.2, 0.25) is 0 Å². The largest absolute Gasteiger partial charge is 0.481 e. The fourth-order valence-corrected chi connectivity index (χ4v) is 3.77. The molecule has 1 saturated carbocycles. The lowest BCUT2D eigenvalue weighted by Gasteiger charge is -2.27. The number of hydrogen-bond donors (Lipinski definition) is 2. The summed E-state index contributed by atoms with van der Waals surface area (Å²) < 4.78 is 0. The van der Waals surface area contributed by atoms with Crippen molar-refractivity contribution in [3.63, 3.8) is 0 Å². The molecule has 0 saturated heterocycles. The summed E-state index contributed by atoms with van der Waals surface area (Å²) in [5.41, 5.74) is 2.73. The van der Waals surface area contributed by atoms with Gasteiger partial charge >= 0.3 is 5.97 Å². The lowest BCUT2D eigenvalue weighted by molar-refractivity contribution is -0.136. The van der Waals surface area contributed by atoms with Gasteiger partial charge in [0.1, 0.15) is 5.82 Å². The van der Waals surface area contributed by atoms with E-state index in [9.17, 15) is 4.79 Å². The highest BCUT2D eigenvalue weighted by Crippen LogP contribution is 2.37. The summed E-state index contributed by atoms with van der Waals surface area (Å²) in [5.74, 6) is 1.72. The number of carbonyl (C=O) groups is 1. The molecule has 1 fully saturated rings. The van der Waals surface area contributed by atoms with Crippen LogP contribution in [0.2, 0.25) is 0 Å². The summed E-state index contributed by atoms with van der Waals surface area (Å²) in [6.45, 7) is 2.26. The minimum Gasteiger partial charge on any atom is -0.481 e. The van der Waals surface area contributed by atoms with Crippen LogP contribution in [-0.4, -0.2) is 21.0 Å². The molecule has 4 nitrogen and oxygen atoms in total. The van der Waals surface area contributed by atoms with Crippen molar-refractivity contribution < 1.29 is 9.90 Å². The van der Waals surface area contributed by atoms with Gasteiger partial charge in [0.15, 0.2) is 0 Å². The Morgan fingerprint density at radius 2 is 2.09 bits per heavy atom. The van der Waals surface area contributed by atoms with Crippen LogP contribution >= 0.6 is 0 Å². The van der Waals surface area contributed by atoms with Gasteiger partial charge in [-0.3, -0.25) is 4.79 Å². The van der Waals surface area contributed by atoms with Crippen LogP contribution in [0.5, 0.6) is 0 Å². The lowest BCUT2D eigenvalue weighted by atomic mass is 9.79. The van der Waals surface area contributed by atoms with Crippen molar-refractivity contribution in [2.24, 2.45) is 5.92 Å². The van der Waals surface area contributed by atoms with Crippen LogP contribution < -0.4 is 0 Å². The summed E-state index contributed by atoms with van der Waals surface area (Å²) in [4.78, 5) is 19.0. The fraction of sp³-hybridized carbons (Fsp3) is 0.579. The van der Waals surface area contributed by atoms with Gasteiger partial charge in [-0.15, -0.1) is 0 Å². The van der Waals surface area contributed by atoms with E-state index in [1.807, 2.05) is 18.2 Å². The van der Waals surface area contributed by atoms with Crippen LogP contribution in [0.25, 0.3) is 11.0 Å². The van der Waals surface area contributed by atoms with Gasteiger partial charge < -0.3 is 10.1 Å². The van der Waals surface area contributed by atoms with E-state index in [1.165, 1.54) is 44.9 Å². The maximum Gasteiger partial charge on any atom is 0.307 e. The summed E-state index contributed by atoms with van der Waals surface area (Å²) in [7, 11) is 0. The molecule has 1 aromatic carbocycles. The molecule has 1 aliphatic carbocycles. The molecule has 0 radical (unpaired) electrons. The molecule has 0 spiro atoms. The third-order valence-electron chi connectivity index (χ3n) is 5.12. The predicted octanol–water partition coefficient (Wildman–Crippen LogP) is 4.65. The Balaban J connectivity index is 1.68. The van der Waals surface area contributed by atoms with Crippen molar-refractivity contribution in [2.45, 2.75) is 64.2 Å². The summed E-state index contributed by atoms with van der Waals surface area (Å²) in [6, 6.07) is 5.72. The monoisotopic (exact) mass is 314 g/mol. The third kappa shape index (κ3) is 3.92. The average molecular weight is 314 g/mol. The lowest BCUT2D eigenvalue weighted by Crippen LogP contribution is -2.14. The second-order valence-electron chi connectivity index (χ2n) is 6.90. The number of carboxylic acid groups (broad SMARTS) is 1. The first-order chi connectivity index (χ1) is 11.2. The Kier molecular flexibility index (Phi) is 4.99.